The van der Waals surface area contributed by atoms with Gasteiger partial charge in [-0.25, -0.2) is 0 Å². The van der Waals surface area contributed by atoms with Crippen molar-refractivity contribution in [1.82, 2.24) is 0 Å². The van der Waals surface area contributed by atoms with Crippen molar-refractivity contribution in [2.75, 3.05) is 6.61 Å². The van der Waals surface area contributed by atoms with E-state index in [4.69, 9.17) is 16.3 Å². The van der Waals surface area contributed by atoms with E-state index in [9.17, 15) is 0 Å². The van der Waals surface area contributed by atoms with E-state index in [1.165, 1.54) is 44.1 Å². The van der Waals surface area contributed by atoms with Crippen LogP contribution in [0.1, 0.15) is 70.8 Å². The van der Waals surface area contributed by atoms with E-state index in [2.05, 4.69) is 26.0 Å². The Kier molecular flexibility index (Phi) is 10.4. The van der Waals surface area contributed by atoms with Gasteiger partial charge < -0.3 is 4.74 Å². The van der Waals surface area contributed by atoms with Gasteiger partial charge in [-0.3, -0.25) is 0 Å². The topological polar surface area (TPSA) is 9.23 Å². The third-order valence-electron chi connectivity index (χ3n) is 3.84. The summed E-state index contributed by atoms with van der Waals surface area (Å²) in [5.41, 5.74) is 1.31. The Hall–Kier alpha value is -0.690. The molecular weight excluding hydrogens is 280 g/mol. The lowest BCUT2D eigenvalue weighted by Crippen LogP contribution is -2.06. The fourth-order valence-corrected chi connectivity index (χ4v) is 2.47. The number of alkyl halides is 1. The SMILES string of the molecule is CCCCCCCCc1cc[c]cc1OCCC(Cl)CC. The molecule has 0 aliphatic carbocycles. The van der Waals surface area contributed by atoms with Gasteiger partial charge in [-0.05, 0) is 43.4 Å². The van der Waals surface area contributed by atoms with E-state index in [0.29, 0.717) is 6.61 Å². The first-order chi connectivity index (χ1) is 10.3. The molecule has 0 saturated carbocycles. The number of hydrogen-bond donors (Lipinski definition) is 0. The van der Waals surface area contributed by atoms with Gasteiger partial charge in [0.25, 0.3) is 0 Å². The summed E-state index contributed by atoms with van der Waals surface area (Å²) in [5.74, 6) is 0.992. The van der Waals surface area contributed by atoms with Crippen LogP contribution in [0.15, 0.2) is 18.2 Å². The second-order valence-electron chi connectivity index (χ2n) is 5.69. The molecule has 1 aromatic rings. The zero-order chi connectivity index (χ0) is 15.3. The molecule has 1 radical (unpaired) electrons. The second-order valence-corrected chi connectivity index (χ2v) is 6.31. The van der Waals surface area contributed by atoms with Crippen molar-refractivity contribution in [2.24, 2.45) is 0 Å². The molecule has 1 nitrogen and oxygen atoms in total. The molecule has 0 heterocycles. The maximum absolute atomic E-state index is 6.13. The number of benzene rings is 1. The van der Waals surface area contributed by atoms with E-state index >= 15 is 0 Å². The van der Waals surface area contributed by atoms with Gasteiger partial charge in [0.1, 0.15) is 5.75 Å². The lowest BCUT2D eigenvalue weighted by Gasteiger charge is -2.12. The maximum atomic E-state index is 6.13. The molecule has 0 N–H and O–H groups in total. The smallest absolute Gasteiger partial charge is 0.123 e. The van der Waals surface area contributed by atoms with Crippen molar-refractivity contribution in [3.05, 3.63) is 29.8 Å². The Morgan fingerprint density at radius 3 is 2.67 bits per heavy atom. The summed E-state index contributed by atoms with van der Waals surface area (Å²) in [6.07, 6.45) is 11.0. The molecule has 1 aromatic carbocycles. The standard InChI is InChI=1S/C19H30ClO/c1-3-5-6-7-8-9-12-17-13-10-11-14-19(17)21-16-15-18(20)4-2/h10,13-14,18H,3-9,12,15-16H2,1-2H3. The predicted octanol–water partition coefficient (Wildman–Crippen LogP) is 6.18. The van der Waals surface area contributed by atoms with E-state index < -0.39 is 0 Å². The summed E-state index contributed by atoms with van der Waals surface area (Å²) in [6.45, 7) is 5.06. The quantitative estimate of drug-likeness (QED) is 0.331. The number of ether oxygens (including phenoxy) is 1. The third-order valence-corrected chi connectivity index (χ3v) is 4.37. The van der Waals surface area contributed by atoms with Crippen LogP contribution in [0.5, 0.6) is 5.75 Å². The molecule has 119 valence electrons. The van der Waals surface area contributed by atoms with Crippen molar-refractivity contribution >= 4 is 11.6 Å². The molecule has 1 rings (SSSR count). The van der Waals surface area contributed by atoms with Crippen molar-refractivity contribution in [3.63, 3.8) is 0 Å². The molecule has 1 atom stereocenters. The molecule has 0 amide bonds. The van der Waals surface area contributed by atoms with Gasteiger partial charge in [-0.1, -0.05) is 58.1 Å². The number of hydrogen-bond acceptors (Lipinski definition) is 1. The Morgan fingerprint density at radius 1 is 1.14 bits per heavy atom. The number of aryl methyl sites for hydroxylation is 1. The van der Waals surface area contributed by atoms with Crippen LogP contribution in [0.4, 0.5) is 0 Å². The van der Waals surface area contributed by atoms with Crippen LogP contribution >= 0.6 is 11.6 Å². The highest BCUT2D eigenvalue weighted by atomic mass is 35.5. The van der Waals surface area contributed by atoms with Gasteiger partial charge in [0, 0.05) is 5.38 Å². The first-order valence-electron chi connectivity index (χ1n) is 8.53. The van der Waals surface area contributed by atoms with Crippen molar-refractivity contribution < 1.29 is 4.74 Å². The molecule has 0 aromatic heterocycles. The summed E-state index contributed by atoms with van der Waals surface area (Å²) < 4.78 is 5.89. The molecular formula is C19H30ClO. The monoisotopic (exact) mass is 309 g/mol. The van der Waals surface area contributed by atoms with Gasteiger partial charge in [-0.15, -0.1) is 11.6 Å². The first kappa shape index (κ1) is 18.4. The Labute approximate surface area is 136 Å². The number of halogens is 1. The van der Waals surface area contributed by atoms with Gasteiger partial charge in [-0.2, -0.15) is 0 Å². The minimum absolute atomic E-state index is 0.222. The van der Waals surface area contributed by atoms with Crippen molar-refractivity contribution in [3.8, 4) is 5.75 Å². The van der Waals surface area contributed by atoms with Gasteiger partial charge >= 0.3 is 0 Å². The number of unbranched alkanes of at least 4 members (excludes halogenated alkanes) is 5. The lowest BCUT2D eigenvalue weighted by atomic mass is 10.0. The molecule has 0 bridgehead atoms. The minimum atomic E-state index is 0.222. The molecule has 0 fully saturated rings. The average Bonchev–Trinajstić information content (AvgIpc) is 2.51. The zero-order valence-electron chi connectivity index (χ0n) is 13.7. The third kappa shape index (κ3) is 8.36. The van der Waals surface area contributed by atoms with E-state index in [1.54, 1.807) is 0 Å². The summed E-state index contributed by atoms with van der Waals surface area (Å²) in [4.78, 5) is 0. The van der Waals surface area contributed by atoms with Crippen LogP contribution < -0.4 is 4.74 Å². The Balaban J connectivity index is 2.30. The Morgan fingerprint density at radius 2 is 1.90 bits per heavy atom. The summed E-state index contributed by atoms with van der Waals surface area (Å²) in [6, 6.07) is 9.19. The molecule has 1 unspecified atom stereocenters. The molecule has 0 saturated heterocycles. The summed E-state index contributed by atoms with van der Waals surface area (Å²) in [7, 11) is 0. The van der Waals surface area contributed by atoms with Crippen LogP contribution in [0, 0.1) is 6.07 Å². The van der Waals surface area contributed by atoms with E-state index in [-0.39, 0.29) is 5.38 Å². The lowest BCUT2D eigenvalue weighted by molar-refractivity contribution is 0.304. The first-order valence-corrected chi connectivity index (χ1v) is 8.97. The molecule has 0 aliphatic heterocycles. The normalized spacial score (nSPS) is 12.3. The molecule has 2 heteroatoms. The molecule has 0 aliphatic rings. The summed E-state index contributed by atoms with van der Waals surface area (Å²) in [5, 5.41) is 0.222. The predicted molar refractivity (Wildman–Crippen MR) is 92.4 cm³/mol. The van der Waals surface area contributed by atoms with Crippen LogP contribution in [0.3, 0.4) is 0 Å². The minimum Gasteiger partial charge on any atom is -0.493 e. The fourth-order valence-electron chi connectivity index (χ4n) is 2.38. The number of rotatable bonds is 12. The second kappa shape index (κ2) is 11.9. The largest absolute Gasteiger partial charge is 0.493 e. The van der Waals surface area contributed by atoms with E-state index in [0.717, 1.165) is 25.0 Å². The van der Waals surface area contributed by atoms with E-state index in [1.807, 2.05) is 12.1 Å². The van der Waals surface area contributed by atoms with Gasteiger partial charge in [0.15, 0.2) is 0 Å². The Bertz CT molecular complexity index is 364. The van der Waals surface area contributed by atoms with Crippen molar-refractivity contribution in [2.45, 2.75) is 77.0 Å². The van der Waals surface area contributed by atoms with Crippen LogP contribution in [0.25, 0.3) is 0 Å². The van der Waals surface area contributed by atoms with Gasteiger partial charge in [0.2, 0.25) is 0 Å². The van der Waals surface area contributed by atoms with Gasteiger partial charge in [0.05, 0.1) is 6.61 Å². The van der Waals surface area contributed by atoms with Crippen LogP contribution in [0.2, 0.25) is 0 Å². The van der Waals surface area contributed by atoms with Crippen LogP contribution in [-0.2, 0) is 6.42 Å². The van der Waals surface area contributed by atoms with Crippen LogP contribution in [-0.4, -0.2) is 12.0 Å². The highest BCUT2D eigenvalue weighted by Gasteiger charge is 2.05. The zero-order valence-corrected chi connectivity index (χ0v) is 14.4. The molecule has 0 spiro atoms. The average molecular weight is 310 g/mol. The highest BCUT2D eigenvalue weighted by molar-refractivity contribution is 6.20. The maximum Gasteiger partial charge on any atom is 0.123 e. The van der Waals surface area contributed by atoms with Crippen molar-refractivity contribution in [1.29, 1.82) is 0 Å². The molecule has 21 heavy (non-hydrogen) atoms. The fraction of sp³-hybridized carbons (Fsp3) is 0.684. The summed E-state index contributed by atoms with van der Waals surface area (Å²) >= 11 is 6.13. The highest BCUT2D eigenvalue weighted by Crippen LogP contribution is 2.21.